The topological polar surface area (TPSA) is 29.0 Å². The third-order valence-corrected chi connectivity index (χ3v) is 2.34. The van der Waals surface area contributed by atoms with E-state index in [1.165, 1.54) is 18.5 Å². The number of hydrogen-bond donors (Lipinski definition) is 0. The van der Waals surface area contributed by atoms with E-state index in [2.05, 4.69) is 9.97 Å². The standard InChI is InChI=1S/C12H11F2N3/c1-17(12-11(14)6-15-8-16-12)7-9-2-4-10(13)5-3-9/h2-6,8H,7H2,1H3. The summed E-state index contributed by atoms with van der Waals surface area (Å²) in [5.74, 6) is -0.536. The summed E-state index contributed by atoms with van der Waals surface area (Å²) >= 11 is 0. The Bertz CT molecular complexity index is 499. The number of aromatic nitrogens is 2. The molecular formula is C12H11F2N3. The molecule has 0 radical (unpaired) electrons. The second kappa shape index (κ2) is 4.86. The van der Waals surface area contributed by atoms with Crippen LogP contribution in [0.2, 0.25) is 0 Å². The van der Waals surface area contributed by atoms with Crippen molar-refractivity contribution in [1.82, 2.24) is 9.97 Å². The molecule has 1 aromatic heterocycles. The summed E-state index contributed by atoms with van der Waals surface area (Å²) in [6.45, 7) is 0.453. The molecule has 0 aliphatic rings. The van der Waals surface area contributed by atoms with Crippen molar-refractivity contribution in [1.29, 1.82) is 0 Å². The summed E-state index contributed by atoms with van der Waals surface area (Å²) in [7, 11) is 1.72. The fourth-order valence-electron chi connectivity index (χ4n) is 1.53. The van der Waals surface area contributed by atoms with Gasteiger partial charge in [0, 0.05) is 13.6 Å². The number of nitrogens with zero attached hydrogens (tertiary/aromatic N) is 3. The lowest BCUT2D eigenvalue weighted by Crippen LogP contribution is -2.19. The highest BCUT2D eigenvalue weighted by Crippen LogP contribution is 2.15. The highest BCUT2D eigenvalue weighted by Gasteiger charge is 2.09. The van der Waals surface area contributed by atoms with Crippen LogP contribution >= 0.6 is 0 Å². The molecule has 0 amide bonds. The smallest absolute Gasteiger partial charge is 0.183 e. The number of anilines is 1. The van der Waals surface area contributed by atoms with Crippen LogP contribution in [0.4, 0.5) is 14.6 Å². The van der Waals surface area contributed by atoms with Crippen molar-refractivity contribution >= 4 is 5.82 Å². The maximum absolute atomic E-state index is 13.4. The predicted octanol–water partition coefficient (Wildman–Crippen LogP) is 2.39. The molecule has 0 aliphatic heterocycles. The van der Waals surface area contributed by atoms with Crippen LogP contribution in [-0.2, 0) is 6.54 Å². The normalized spacial score (nSPS) is 10.3. The van der Waals surface area contributed by atoms with Crippen molar-refractivity contribution in [3.8, 4) is 0 Å². The van der Waals surface area contributed by atoms with Gasteiger partial charge in [-0.3, -0.25) is 0 Å². The molecule has 17 heavy (non-hydrogen) atoms. The zero-order valence-electron chi connectivity index (χ0n) is 9.27. The van der Waals surface area contributed by atoms with Gasteiger partial charge in [-0.1, -0.05) is 12.1 Å². The average Bonchev–Trinajstić information content (AvgIpc) is 2.32. The van der Waals surface area contributed by atoms with Crippen molar-refractivity contribution < 1.29 is 8.78 Å². The molecule has 1 heterocycles. The zero-order chi connectivity index (χ0) is 12.3. The first kappa shape index (κ1) is 11.4. The van der Waals surface area contributed by atoms with E-state index in [-0.39, 0.29) is 11.6 Å². The molecule has 0 spiro atoms. The van der Waals surface area contributed by atoms with E-state index in [9.17, 15) is 8.78 Å². The first-order chi connectivity index (χ1) is 8.16. The van der Waals surface area contributed by atoms with Crippen molar-refractivity contribution in [3.63, 3.8) is 0 Å². The lowest BCUT2D eigenvalue weighted by molar-refractivity contribution is 0.606. The van der Waals surface area contributed by atoms with Crippen LogP contribution < -0.4 is 4.90 Å². The Morgan fingerprint density at radius 2 is 1.88 bits per heavy atom. The van der Waals surface area contributed by atoms with Crippen LogP contribution in [0.5, 0.6) is 0 Å². The molecule has 0 unspecified atom stereocenters. The fraction of sp³-hybridized carbons (Fsp3) is 0.167. The maximum atomic E-state index is 13.4. The van der Waals surface area contributed by atoms with Crippen molar-refractivity contribution in [2.75, 3.05) is 11.9 Å². The van der Waals surface area contributed by atoms with Gasteiger partial charge in [-0.25, -0.2) is 18.7 Å². The Morgan fingerprint density at radius 3 is 2.53 bits per heavy atom. The van der Waals surface area contributed by atoms with Gasteiger partial charge in [-0.15, -0.1) is 0 Å². The summed E-state index contributed by atoms with van der Waals surface area (Å²) in [5.41, 5.74) is 0.881. The quantitative estimate of drug-likeness (QED) is 0.818. The maximum Gasteiger partial charge on any atom is 0.183 e. The Labute approximate surface area is 97.7 Å². The van der Waals surface area contributed by atoms with E-state index in [1.807, 2.05) is 0 Å². The number of benzene rings is 1. The Morgan fingerprint density at radius 1 is 1.18 bits per heavy atom. The number of rotatable bonds is 3. The molecule has 2 aromatic rings. The van der Waals surface area contributed by atoms with Gasteiger partial charge >= 0.3 is 0 Å². The van der Waals surface area contributed by atoms with Crippen molar-refractivity contribution in [2.45, 2.75) is 6.54 Å². The molecule has 0 atom stereocenters. The van der Waals surface area contributed by atoms with Crippen LogP contribution in [0.3, 0.4) is 0 Å². The highest BCUT2D eigenvalue weighted by molar-refractivity contribution is 5.38. The summed E-state index contributed by atoms with van der Waals surface area (Å²) in [6.07, 6.45) is 2.41. The molecule has 0 N–H and O–H groups in total. The molecule has 0 aliphatic carbocycles. The van der Waals surface area contributed by atoms with E-state index in [0.29, 0.717) is 6.54 Å². The Kier molecular flexibility index (Phi) is 3.27. The molecule has 2 rings (SSSR count). The minimum absolute atomic E-state index is 0.226. The predicted molar refractivity (Wildman–Crippen MR) is 60.5 cm³/mol. The largest absolute Gasteiger partial charge is 0.353 e. The second-order valence-corrected chi connectivity index (χ2v) is 3.68. The fourth-order valence-corrected chi connectivity index (χ4v) is 1.53. The van der Waals surface area contributed by atoms with Gasteiger partial charge in [0.05, 0.1) is 6.20 Å². The molecule has 0 fully saturated rings. The van der Waals surface area contributed by atoms with Crippen molar-refractivity contribution in [3.05, 3.63) is 54.0 Å². The van der Waals surface area contributed by atoms with E-state index < -0.39 is 5.82 Å². The Balaban J connectivity index is 2.14. The summed E-state index contributed by atoms with van der Waals surface area (Å²) in [4.78, 5) is 9.08. The van der Waals surface area contributed by atoms with E-state index in [0.717, 1.165) is 11.8 Å². The number of halogens is 2. The van der Waals surface area contributed by atoms with Gasteiger partial charge in [-0.2, -0.15) is 0 Å². The SMILES string of the molecule is CN(Cc1ccc(F)cc1)c1ncncc1F. The van der Waals surface area contributed by atoms with Crippen molar-refractivity contribution in [2.24, 2.45) is 0 Å². The molecule has 0 saturated carbocycles. The second-order valence-electron chi connectivity index (χ2n) is 3.68. The van der Waals surface area contributed by atoms with Crippen LogP contribution in [0.1, 0.15) is 5.56 Å². The third-order valence-electron chi connectivity index (χ3n) is 2.34. The Hall–Kier alpha value is -2.04. The minimum Gasteiger partial charge on any atom is -0.353 e. The summed E-state index contributed by atoms with van der Waals surface area (Å²) in [5, 5.41) is 0. The molecule has 0 saturated heterocycles. The van der Waals surface area contributed by atoms with Gasteiger partial charge in [0.15, 0.2) is 11.6 Å². The number of hydrogen-bond acceptors (Lipinski definition) is 3. The van der Waals surface area contributed by atoms with Gasteiger partial charge in [-0.05, 0) is 17.7 Å². The van der Waals surface area contributed by atoms with Crippen LogP contribution in [0, 0.1) is 11.6 Å². The molecule has 3 nitrogen and oxygen atoms in total. The average molecular weight is 235 g/mol. The lowest BCUT2D eigenvalue weighted by atomic mass is 10.2. The van der Waals surface area contributed by atoms with E-state index in [4.69, 9.17) is 0 Å². The van der Waals surface area contributed by atoms with Crippen LogP contribution in [0.25, 0.3) is 0 Å². The first-order valence-electron chi connectivity index (χ1n) is 5.08. The first-order valence-corrected chi connectivity index (χ1v) is 5.08. The monoisotopic (exact) mass is 235 g/mol. The molecule has 1 aromatic carbocycles. The lowest BCUT2D eigenvalue weighted by Gasteiger charge is -2.18. The van der Waals surface area contributed by atoms with Crippen LogP contribution in [0.15, 0.2) is 36.8 Å². The van der Waals surface area contributed by atoms with E-state index >= 15 is 0 Å². The van der Waals surface area contributed by atoms with Gasteiger partial charge in [0.1, 0.15) is 12.1 Å². The van der Waals surface area contributed by atoms with Crippen LogP contribution in [-0.4, -0.2) is 17.0 Å². The molecule has 5 heteroatoms. The summed E-state index contributed by atoms with van der Waals surface area (Å²) < 4.78 is 26.1. The van der Waals surface area contributed by atoms with E-state index in [1.54, 1.807) is 24.1 Å². The molecular weight excluding hydrogens is 224 g/mol. The van der Waals surface area contributed by atoms with Gasteiger partial charge in [0.2, 0.25) is 0 Å². The van der Waals surface area contributed by atoms with Gasteiger partial charge in [0.25, 0.3) is 0 Å². The molecule has 0 bridgehead atoms. The molecule has 88 valence electrons. The summed E-state index contributed by atoms with van der Waals surface area (Å²) in [6, 6.07) is 6.06. The minimum atomic E-state index is -0.475. The third kappa shape index (κ3) is 2.75. The zero-order valence-corrected chi connectivity index (χ0v) is 9.27. The van der Waals surface area contributed by atoms with Gasteiger partial charge < -0.3 is 4.90 Å². The highest BCUT2D eigenvalue weighted by atomic mass is 19.1.